The summed E-state index contributed by atoms with van der Waals surface area (Å²) in [5.41, 5.74) is 5.55. The average molecular weight is 212 g/mol. The molecule has 0 saturated heterocycles. The van der Waals surface area contributed by atoms with Crippen LogP contribution in [0.4, 0.5) is 5.69 Å². The topological polar surface area (TPSA) is 89.4 Å². The smallest absolute Gasteiger partial charge is 0.269 e. The maximum Gasteiger partial charge on any atom is 0.269 e. The van der Waals surface area contributed by atoms with Gasteiger partial charge in [-0.3, -0.25) is 10.1 Å². The van der Waals surface area contributed by atoms with Gasteiger partial charge in [-0.25, -0.2) is 0 Å². The Balaban J connectivity index is 3.08. The minimum Gasteiger partial charge on any atom is -0.508 e. The van der Waals surface area contributed by atoms with Crippen molar-refractivity contribution >= 4 is 22.9 Å². The van der Waals surface area contributed by atoms with Crippen LogP contribution < -0.4 is 5.73 Å². The number of nitro benzene ring substituents is 1. The Morgan fingerprint density at radius 2 is 2.29 bits per heavy atom. The molecule has 0 unspecified atom stereocenters. The zero-order valence-corrected chi connectivity index (χ0v) is 7.95. The molecule has 0 atom stereocenters. The SMILES string of the molecule is NC(=S)Cc1cc([N+](=O)[O-])ccc1O. The minimum atomic E-state index is -0.539. The minimum absolute atomic E-state index is 0.0385. The lowest BCUT2D eigenvalue weighted by Gasteiger charge is -2.02. The van der Waals surface area contributed by atoms with Gasteiger partial charge >= 0.3 is 0 Å². The fourth-order valence-corrected chi connectivity index (χ4v) is 1.17. The molecule has 0 spiro atoms. The molecule has 14 heavy (non-hydrogen) atoms. The van der Waals surface area contributed by atoms with E-state index in [0.29, 0.717) is 5.56 Å². The molecule has 0 aliphatic heterocycles. The predicted octanol–water partition coefficient (Wildman–Crippen LogP) is 1.13. The zero-order chi connectivity index (χ0) is 10.7. The van der Waals surface area contributed by atoms with Crippen LogP contribution in [0.25, 0.3) is 0 Å². The Bertz CT molecular complexity index is 392. The van der Waals surface area contributed by atoms with E-state index in [1.807, 2.05) is 0 Å². The summed E-state index contributed by atoms with van der Waals surface area (Å²) in [6.45, 7) is 0. The van der Waals surface area contributed by atoms with Crippen molar-refractivity contribution < 1.29 is 10.0 Å². The highest BCUT2D eigenvalue weighted by Gasteiger charge is 2.10. The Hall–Kier alpha value is -1.69. The summed E-state index contributed by atoms with van der Waals surface area (Å²) in [5.74, 6) is -0.0385. The van der Waals surface area contributed by atoms with Gasteiger partial charge in [-0.15, -0.1) is 0 Å². The second kappa shape index (κ2) is 4.01. The van der Waals surface area contributed by atoms with Gasteiger partial charge in [-0.1, -0.05) is 12.2 Å². The van der Waals surface area contributed by atoms with E-state index < -0.39 is 4.92 Å². The predicted molar refractivity (Wildman–Crippen MR) is 55.3 cm³/mol. The monoisotopic (exact) mass is 212 g/mol. The molecule has 0 saturated carbocycles. The number of nitro groups is 1. The van der Waals surface area contributed by atoms with E-state index >= 15 is 0 Å². The van der Waals surface area contributed by atoms with Crippen molar-refractivity contribution in [2.75, 3.05) is 0 Å². The van der Waals surface area contributed by atoms with E-state index in [2.05, 4.69) is 12.2 Å². The molecule has 0 aliphatic rings. The van der Waals surface area contributed by atoms with Crippen LogP contribution in [0.15, 0.2) is 18.2 Å². The fraction of sp³-hybridized carbons (Fsp3) is 0.125. The first-order valence-corrected chi connectivity index (χ1v) is 4.16. The number of nitrogens with zero attached hydrogens (tertiary/aromatic N) is 1. The van der Waals surface area contributed by atoms with Crippen LogP contribution in [0, 0.1) is 10.1 Å². The van der Waals surface area contributed by atoms with Gasteiger partial charge < -0.3 is 10.8 Å². The number of non-ortho nitro benzene ring substituents is 1. The molecule has 3 N–H and O–H groups in total. The molecule has 0 amide bonds. The summed E-state index contributed by atoms with van der Waals surface area (Å²) < 4.78 is 0. The molecule has 0 heterocycles. The summed E-state index contributed by atoms with van der Waals surface area (Å²) in [6.07, 6.45) is 0.156. The van der Waals surface area contributed by atoms with Crippen molar-refractivity contribution in [3.63, 3.8) is 0 Å². The second-order valence-electron chi connectivity index (χ2n) is 2.71. The van der Waals surface area contributed by atoms with E-state index in [-0.39, 0.29) is 22.8 Å². The van der Waals surface area contributed by atoms with Crippen LogP contribution in [0.5, 0.6) is 5.75 Å². The van der Waals surface area contributed by atoms with Crippen LogP contribution in [0.2, 0.25) is 0 Å². The van der Waals surface area contributed by atoms with Crippen LogP contribution in [-0.4, -0.2) is 15.0 Å². The Labute approximate surface area is 85.3 Å². The molecule has 0 aliphatic carbocycles. The first-order valence-electron chi connectivity index (χ1n) is 3.75. The highest BCUT2D eigenvalue weighted by atomic mass is 32.1. The van der Waals surface area contributed by atoms with Crippen LogP contribution in [0.3, 0.4) is 0 Å². The van der Waals surface area contributed by atoms with Crippen molar-refractivity contribution in [1.82, 2.24) is 0 Å². The number of aromatic hydroxyl groups is 1. The van der Waals surface area contributed by atoms with E-state index in [0.717, 1.165) is 0 Å². The van der Waals surface area contributed by atoms with Gasteiger partial charge in [-0.05, 0) is 6.07 Å². The zero-order valence-electron chi connectivity index (χ0n) is 7.14. The largest absolute Gasteiger partial charge is 0.508 e. The number of nitrogens with two attached hydrogens (primary N) is 1. The van der Waals surface area contributed by atoms with Crippen molar-refractivity contribution in [3.05, 3.63) is 33.9 Å². The molecule has 6 heteroatoms. The van der Waals surface area contributed by atoms with Gasteiger partial charge in [0.2, 0.25) is 0 Å². The van der Waals surface area contributed by atoms with E-state index in [9.17, 15) is 15.2 Å². The third-order valence-electron chi connectivity index (χ3n) is 1.64. The fourth-order valence-electron chi connectivity index (χ4n) is 1.01. The maximum atomic E-state index is 10.4. The summed E-state index contributed by atoms with van der Waals surface area (Å²) in [5, 5.41) is 19.7. The van der Waals surface area contributed by atoms with Gasteiger partial charge in [0, 0.05) is 24.1 Å². The quantitative estimate of drug-likeness (QED) is 0.445. The summed E-state index contributed by atoms with van der Waals surface area (Å²) >= 11 is 4.64. The van der Waals surface area contributed by atoms with Gasteiger partial charge in [0.1, 0.15) is 5.75 Å². The van der Waals surface area contributed by atoms with Crippen LogP contribution in [0.1, 0.15) is 5.56 Å². The number of thiocarbonyl (C=S) groups is 1. The third kappa shape index (κ3) is 2.40. The van der Waals surface area contributed by atoms with E-state index in [4.69, 9.17) is 5.73 Å². The third-order valence-corrected chi connectivity index (χ3v) is 1.78. The highest BCUT2D eigenvalue weighted by Crippen LogP contribution is 2.23. The lowest BCUT2D eigenvalue weighted by Crippen LogP contribution is -2.11. The Morgan fingerprint density at radius 3 is 2.79 bits per heavy atom. The summed E-state index contributed by atoms with van der Waals surface area (Å²) in [4.78, 5) is 10.1. The lowest BCUT2D eigenvalue weighted by molar-refractivity contribution is -0.384. The van der Waals surface area contributed by atoms with Crippen molar-refractivity contribution in [1.29, 1.82) is 0 Å². The summed E-state index contributed by atoms with van der Waals surface area (Å²) in [6, 6.07) is 3.73. The Kier molecular flexibility index (Phi) is 2.98. The van der Waals surface area contributed by atoms with Gasteiger partial charge in [0.05, 0.1) is 9.91 Å². The molecular formula is C8H8N2O3S. The van der Waals surface area contributed by atoms with Crippen molar-refractivity contribution in [2.24, 2.45) is 5.73 Å². The molecule has 1 rings (SSSR count). The Morgan fingerprint density at radius 1 is 1.64 bits per heavy atom. The molecule has 0 bridgehead atoms. The highest BCUT2D eigenvalue weighted by molar-refractivity contribution is 7.80. The number of benzene rings is 1. The first kappa shape index (κ1) is 10.4. The second-order valence-corrected chi connectivity index (χ2v) is 3.24. The number of phenolic OH excluding ortho intramolecular Hbond substituents is 1. The molecule has 74 valence electrons. The molecular weight excluding hydrogens is 204 g/mol. The van der Waals surface area contributed by atoms with E-state index in [1.165, 1.54) is 18.2 Å². The van der Waals surface area contributed by atoms with Crippen LogP contribution in [-0.2, 0) is 6.42 Å². The van der Waals surface area contributed by atoms with Gasteiger partial charge in [-0.2, -0.15) is 0 Å². The van der Waals surface area contributed by atoms with Crippen molar-refractivity contribution in [2.45, 2.75) is 6.42 Å². The molecule has 1 aromatic carbocycles. The molecule has 5 nitrogen and oxygen atoms in total. The average Bonchev–Trinajstić information content (AvgIpc) is 2.07. The van der Waals surface area contributed by atoms with Gasteiger partial charge in [0.25, 0.3) is 5.69 Å². The number of hydrogen-bond acceptors (Lipinski definition) is 4. The van der Waals surface area contributed by atoms with Gasteiger partial charge in [0.15, 0.2) is 0 Å². The molecule has 0 aromatic heterocycles. The number of phenols is 1. The maximum absolute atomic E-state index is 10.4. The lowest BCUT2D eigenvalue weighted by atomic mass is 10.1. The normalized spacial score (nSPS) is 9.71. The molecule has 0 fully saturated rings. The molecule has 0 radical (unpaired) electrons. The first-order chi connectivity index (χ1) is 6.50. The standard InChI is InChI=1S/C8H8N2O3S/c9-8(14)4-5-3-6(10(12)13)1-2-7(5)11/h1-3,11H,4H2,(H2,9,14). The van der Waals surface area contributed by atoms with E-state index in [1.54, 1.807) is 0 Å². The number of rotatable bonds is 3. The van der Waals surface area contributed by atoms with Crippen LogP contribution >= 0.6 is 12.2 Å². The molecule has 1 aromatic rings. The number of hydrogen-bond donors (Lipinski definition) is 2. The summed E-state index contributed by atoms with van der Waals surface area (Å²) in [7, 11) is 0. The van der Waals surface area contributed by atoms with Crippen molar-refractivity contribution in [3.8, 4) is 5.75 Å².